The molecule has 0 saturated carbocycles. The maximum absolute atomic E-state index is 11.9. The molecular formula is C13H16N2O2. The molecule has 2 saturated heterocycles. The molecule has 4 heteroatoms. The Kier molecular flexibility index (Phi) is 2.33. The van der Waals surface area contributed by atoms with Gasteiger partial charge in [0.1, 0.15) is 5.60 Å². The summed E-state index contributed by atoms with van der Waals surface area (Å²) in [4.78, 5) is 13.6. The summed E-state index contributed by atoms with van der Waals surface area (Å²) in [5, 5.41) is 3.25. The van der Waals surface area contributed by atoms with Crippen molar-refractivity contribution < 1.29 is 9.53 Å². The van der Waals surface area contributed by atoms with Crippen molar-refractivity contribution in [1.29, 1.82) is 0 Å². The van der Waals surface area contributed by atoms with Crippen molar-refractivity contribution in [3.05, 3.63) is 29.8 Å². The number of hydrogen-bond donors (Lipinski definition) is 1. The second kappa shape index (κ2) is 3.74. The molecule has 3 rings (SSSR count). The van der Waals surface area contributed by atoms with E-state index >= 15 is 0 Å². The summed E-state index contributed by atoms with van der Waals surface area (Å²) in [6.07, 6.45) is 0.679. The number of rotatable bonds is 1. The van der Waals surface area contributed by atoms with Gasteiger partial charge in [-0.25, -0.2) is 4.79 Å². The van der Waals surface area contributed by atoms with Crippen molar-refractivity contribution in [2.75, 3.05) is 24.5 Å². The molecule has 0 unspecified atom stereocenters. The molecular weight excluding hydrogens is 216 g/mol. The molecule has 2 aliphatic rings. The number of ether oxygens (including phenoxy) is 1. The van der Waals surface area contributed by atoms with Gasteiger partial charge in [0, 0.05) is 18.7 Å². The molecule has 1 N–H and O–H groups in total. The van der Waals surface area contributed by atoms with E-state index in [1.807, 2.05) is 31.2 Å². The fourth-order valence-corrected chi connectivity index (χ4v) is 2.49. The summed E-state index contributed by atoms with van der Waals surface area (Å²) < 4.78 is 5.53. The minimum atomic E-state index is -0.304. The Balaban J connectivity index is 1.85. The summed E-state index contributed by atoms with van der Waals surface area (Å²) in [5.41, 5.74) is 1.81. The van der Waals surface area contributed by atoms with Gasteiger partial charge in [-0.2, -0.15) is 0 Å². The van der Waals surface area contributed by atoms with Gasteiger partial charge >= 0.3 is 6.09 Å². The van der Waals surface area contributed by atoms with Crippen molar-refractivity contribution >= 4 is 11.8 Å². The summed E-state index contributed by atoms with van der Waals surface area (Å²) >= 11 is 0. The van der Waals surface area contributed by atoms with Gasteiger partial charge in [0.25, 0.3) is 0 Å². The zero-order valence-corrected chi connectivity index (χ0v) is 9.90. The van der Waals surface area contributed by atoms with Gasteiger partial charge in [-0.3, -0.25) is 4.90 Å². The molecule has 0 aliphatic carbocycles. The number of benzene rings is 1. The lowest BCUT2D eigenvalue weighted by molar-refractivity contribution is 0.0733. The van der Waals surface area contributed by atoms with Gasteiger partial charge in [-0.15, -0.1) is 0 Å². The van der Waals surface area contributed by atoms with Gasteiger partial charge in [0.15, 0.2) is 0 Å². The summed E-state index contributed by atoms with van der Waals surface area (Å²) in [5.74, 6) is 0. The normalized spacial score (nSPS) is 27.8. The van der Waals surface area contributed by atoms with E-state index < -0.39 is 0 Å². The van der Waals surface area contributed by atoms with E-state index in [9.17, 15) is 4.79 Å². The van der Waals surface area contributed by atoms with E-state index in [4.69, 9.17) is 4.74 Å². The zero-order valence-electron chi connectivity index (χ0n) is 9.90. The average molecular weight is 232 g/mol. The highest BCUT2D eigenvalue weighted by molar-refractivity contribution is 5.90. The number of anilines is 1. The largest absolute Gasteiger partial charge is 0.439 e. The molecule has 1 atom stereocenters. The van der Waals surface area contributed by atoms with E-state index in [1.165, 1.54) is 5.56 Å². The molecule has 4 nitrogen and oxygen atoms in total. The Hall–Kier alpha value is -1.55. The lowest BCUT2D eigenvalue weighted by atomic mass is 10.0. The van der Waals surface area contributed by atoms with E-state index in [0.29, 0.717) is 6.54 Å². The van der Waals surface area contributed by atoms with Crippen LogP contribution in [0.1, 0.15) is 12.0 Å². The van der Waals surface area contributed by atoms with Crippen LogP contribution in [0.5, 0.6) is 0 Å². The molecule has 0 bridgehead atoms. The molecule has 0 radical (unpaired) electrons. The highest BCUT2D eigenvalue weighted by Gasteiger charge is 2.47. The maximum Gasteiger partial charge on any atom is 0.415 e. The van der Waals surface area contributed by atoms with Crippen LogP contribution >= 0.6 is 0 Å². The predicted octanol–water partition coefficient (Wildman–Crippen LogP) is 1.68. The van der Waals surface area contributed by atoms with Crippen LogP contribution in [0.2, 0.25) is 0 Å². The van der Waals surface area contributed by atoms with Crippen LogP contribution in [0.3, 0.4) is 0 Å². The minimum absolute atomic E-state index is 0.224. The fraction of sp³-hybridized carbons (Fsp3) is 0.462. The Morgan fingerprint density at radius 2 is 2.12 bits per heavy atom. The summed E-state index contributed by atoms with van der Waals surface area (Å²) in [7, 11) is 0. The van der Waals surface area contributed by atoms with Gasteiger partial charge in [0.05, 0.1) is 6.54 Å². The topological polar surface area (TPSA) is 41.6 Å². The van der Waals surface area contributed by atoms with Crippen LogP contribution in [0.4, 0.5) is 10.5 Å². The first kappa shape index (κ1) is 10.6. The number of carbonyl (C=O) groups is 1. The number of aryl methyl sites for hydroxylation is 1. The van der Waals surface area contributed by atoms with E-state index in [0.717, 1.165) is 25.2 Å². The van der Waals surface area contributed by atoms with Crippen molar-refractivity contribution in [3.8, 4) is 0 Å². The Bertz CT molecular complexity index is 435. The molecule has 2 fully saturated rings. The number of hydrogen-bond acceptors (Lipinski definition) is 3. The Labute approximate surface area is 101 Å². The molecule has 90 valence electrons. The van der Waals surface area contributed by atoms with Gasteiger partial charge in [-0.05, 0) is 25.6 Å². The Morgan fingerprint density at radius 1 is 1.35 bits per heavy atom. The van der Waals surface area contributed by atoms with Crippen molar-refractivity contribution in [2.45, 2.75) is 18.9 Å². The average Bonchev–Trinajstić information content (AvgIpc) is 2.88. The SMILES string of the molecule is Cc1ccc(N2C[C@@]3(CCNC3)OC2=O)cc1. The molecule has 2 aliphatic heterocycles. The number of carbonyl (C=O) groups excluding carboxylic acids is 1. The number of nitrogens with zero attached hydrogens (tertiary/aromatic N) is 1. The Morgan fingerprint density at radius 3 is 2.76 bits per heavy atom. The van der Waals surface area contributed by atoms with Crippen LogP contribution in [0, 0.1) is 6.92 Å². The highest BCUT2D eigenvalue weighted by atomic mass is 16.6. The first-order chi connectivity index (χ1) is 8.19. The molecule has 1 aromatic rings. The smallest absolute Gasteiger partial charge is 0.415 e. The van der Waals surface area contributed by atoms with Crippen LogP contribution in [-0.2, 0) is 4.74 Å². The van der Waals surface area contributed by atoms with E-state index in [-0.39, 0.29) is 11.7 Å². The molecule has 17 heavy (non-hydrogen) atoms. The summed E-state index contributed by atoms with van der Waals surface area (Å²) in [6, 6.07) is 7.97. The van der Waals surface area contributed by atoms with Crippen molar-refractivity contribution in [3.63, 3.8) is 0 Å². The third kappa shape index (κ3) is 1.78. The standard InChI is InChI=1S/C13H16N2O2/c1-10-2-4-11(5-3-10)15-9-13(17-12(15)16)6-7-14-8-13/h2-5,14H,6-9H2,1H3/t13-/m0/s1. The van der Waals surface area contributed by atoms with Gasteiger partial charge in [-0.1, -0.05) is 17.7 Å². The van der Waals surface area contributed by atoms with Crippen molar-refractivity contribution in [1.82, 2.24) is 5.32 Å². The zero-order chi connectivity index (χ0) is 11.9. The van der Waals surface area contributed by atoms with Crippen LogP contribution in [-0.4, -0.2) is 31.3 Å². The third-order valence-corrected chi connectivity index (χ3v) is 3.52. The fourth-order valence-electron chi connectivity index (χ4n) is 2.49. The number of nitrogens with one attached hydrogen (secondary N) is 1. The molecule has 0 aromatic heterocycles. The number of amides is 1. The first-order valence-corrected chi connectivity index (χ1v) is 5.96. The third-order valence-electron chi connectivity index (χ3n) is 3.52. The van der Waals surface area contributed by atoms with Crippen LogP contribution in [0.25, 0.3) is 0 Å². The van der Waals surface area contributed by atoms with Gasteiger partial charge in [0.2, 0.25) is 0 Å². The minimum Gasteiger partial charge on any atom is -0.439 e. The van der Waals surface area contributed by atoms with Crippen LogP contribution in [0.15, 0.2) is 24.3 Å². The van der Waals surface area contributed by atoms with E-state index in [2.05, 4.69) is 5.32 Å². The van der Waals surface area contributed by atoms with Gasteiger partial charge < -0.3 is 10.1 Å². The highest BCUT2D eigenvalue weighted by Crippen LogP contribution is 2.32. The monoisotopic (exact) mass is 232 g/mol. The molecule has 1 aromatic carbocycles. The van der Waals surface area contributed by atoms with Crippen LogP contribution < -0.4 is 10.2 Å². The lowest BCUT2D eigenvalue weighted by Crippen LogP contribution is -2.36. The quantitative estimate of drug-likeness (QED) is 0.801. The van der Waals surface area contributed by atoms with E-state index in [1.54, 1.807) is 4.90 Å². The lowest BCUT2D eigenvalue weighted by Gasteiger charge is -2.19. The second-order valence-electron chi connectivity index (χ2n) is 4.90. The van der Waals surface area contributed by atoms with Crippen molar-refractivity contribution in [2.24, 2.45) is 0 Å². The maximum atomic E-state index is 11.9. The predicted molar refractivity (Wildman–Crippen MR) is 65.2 cm³/mol. The summed E-state index contributed by atoms with van der Waals surface area (Å²) in [6.45, 7) is 4.38. The molecule has 1 amide bonds. The first-order valence-electron chi connectivity index (χ1n) is 5.96. The molecule has 1 spiro atoms. The molecule has 2 heterocycles. The second-order valence-corrected chi connectivity index (χ2v) is 4.90.